The van der Waals surface area contributed by atoms with Crippen molar-refractivity contribution in [3.63, 3.8) is 0 Å². The minimum absolute atomic E-state index is 0.190. The van der Waals surface area contributed by atoms with Crippen molar-refractivity contribution < 1.29 is 14.3 Å². The molecule has 3 N–H and O–H groups in total. The Morgan fingerprint density at radius 3 is 3.12 bits per heavy atom. The quantitative estimate of drug-likeness (QED) is 0.293. The molecule has 5 nitrogen and oxygen atoms in total. The molecule has 16 heavy (non-hydrogen) atoms. The van der Waals surface area contributed by atoms with Gasteiger partial charge in [-0.3, -0.25) is 10.2 Å². The van der Waals surface area contributed by atoms with Crippen molar-refractivity contribution >= 4 is 17.7 Å². The van der Waals surface area contributed by atoms with Crippen LogP contribution in [-0.2, 0) is 14.3 Å². The summed E-state index contributed by atoms with van der Waals surface area (Å²) in [5.74, 6) is 6.85. The molecule has 0 aromatic rings. The van der Waals surface area contributed by atoms with E-state index in [1.165, 1.54) is 0 Å². The van der Waals surface area contributed by atoms with Crippen LogP contribution in [0.3, 0.4) is 0 Å². The van der Waals surface area contributed by atoms with Crippen LogP contribution in [0.5, 0.6) is 0 Å². The minimum Gasteiger partial charge on any atom is -0.385 e. The van der Waals surface area contributed by atoms with Crippen molar-refractivity contribution in [1.29, 1.82) is 0 Å². The molecule has 0 aromatic heterocycles. The van der Waals surface area contributed by atoms with Crippen molar-refractivity contribution in [2.45, 2.75) is 31.5 Å². The van der Waals surface area contributed by atoms with Gasteiger partial charge >= 0.3 is 0 Å². The Kier molecular flexibility index (Phi) is 6.79. The number of thioether (sulfide) groups is 1. The molecule has 0 aromatic carbocycles. The van der Waals surface area contributed by atoms with Gasteiger partial charge < -0.3 is 9.47 Å². The summed E-state index contributed by atoms with van der Waals surface area (Å²) in [6.07, 6.45) is 2.60. The molecular weight excluding hydrogens is 228 g/mol. The number of methoxy groups -OCH3 is 1. The molecule has 0 saturated carbocycles. The lowest BCUT2D eigenvalue weighted by molar-refractivity contribution is -0.131. The topological polar surface area (TPSA) is 73.6 Å². The van der Waals surface area contributed by atoms with Crippen LogP contribution in [0.2, 0.25) is 0 Å². The number of nitrogens with one attached hydrogen (secondary N) is 1. The molecule has 0 bridgehead atoms. The second kappa shape index (κ2) is 7.89. The first-order chi connectivity index (χ1) is 7.77. The van der Waals surface area contributed by atoms with Crippen molar-refractivity contribution in [3.05, 3.63) is 0 Å². The van der Waals surface area contributed by atoms with Gasteiger partial charge in [0, 0.05) is 19.5 Å². The highest BCUT2D eigenvalue weighted by Crippen LogP contribution is 2.23. The maximum atomic E-state index is 11.2. The zero-order valence-electron chi connectivity index (χ0n) is 9.61. The van der Waals surface area contributed by atoms with E-state index in [0.717, 1.165) is 37.4 Å². The number of carbonyl (C=O) groups is 1. The monoisotopic (exact) mass is 248 g/mol. The molecule has 1 saturated heterocycles. The molecule has 2 unspecified atom stereocenters. The summed E-state index contributed by atoms with van der Waals surface area (Å²) in [5.41, 5.74) is 2.12. The number of hydrogen-bond acceptors (Lipinski definition) is 5. The lowest BCUT2D eigenvalue weighted by Gasteiger charge is -2.12. The van der Waals surface area contributed by atoms with E-state index >= 15 is 0 Å². The van der Waals surface area contributed by atoms with E-state index in [1.54, 1.807) is 7.11 Å². The Labute approximate surface area is 100 Å². The molecule has 1 fully saturated rings. The summed E-state index contributed by atoms with van der Waals surface area (Å²) in [4.78, 5) is 11.2. The van der Waals surface area contributed by atoms with Crippen LogP contribution in [0.4, 0.5) is 0 Å². The van der Waals surface area contributed by atoms with Gasteiger partial charge in [0.25, 0.3) is 5.91 Å². The largest absolute Gasteiger partial charge is 0.385 e. The second-order valence-electron chi connectivity index (χ2n) is 3.75. The average Bonchev–Trinajstić information content (AvgIpc) is 2.76. The van der Waals surface area contributed by atoms with Crippen LogP contribution in [0.25, 0.3) is 0 Å². The molecule has 1 aliphatic heterocycles. The van der Waals surface area contributed by atoms with Crippen LogP contribution in [0, 0.1) is 0 Å². The summed E-state index contributed by atoms with van der Waals surface area (Å²) in [6, 6.07) is 0. The first-order valence-corrected chi connectivity index (χ1v) is 6.66. The fourth-order valence-electron chi connectivity index (χ4n) is 1.63. The third-order valence-corrected chi connectivity index (χ3v) is 3.67. The molecule has 94 valence electrons. The van der Waals surface area contributed by atoms with Crippen molar-refractivity contribution in [3.8, 4) is 0 Å². The number of hydrogen-bond donors (Lipinski definition) is 2. The summed E-state index contributed by atoms with van der Waals surface area (Å²) in [5, 5.41) is 0. The highest BCUT2D eigenvalue weighted by Gasteiger charge is 2.29. The summed E-state index contributed by atoms with van der Waals surface area (Å²) >= 11 is 1.84. The maximum Gasteiger partial charge on any atom is 0.263 e. The SMILES string of the molecule is COCCCSCC1CCC(C(=O)NN)O1. The summed E-state index contributed by atoms with van der Waals surface area (Å²) in [7, 11) is 1.71. The third kappa shape index (κ3) is 4.69. The van der Waals surface area contributed by atoms with Crippen molar-refractivity contribution in [2.24, 2.45) is 5.84 Å². The first-order valence-electron chi connectivity index (χ1n) is 5.50. The highest BCUT2D eigenvalue weighted by molar-refractivity contribution is 7.99. The summed E-state index contributed by atoms with van der Waals surface area (Å²) in [6.45, 7) is 0.802. The van der Waals surface area contributed by atoms with Gasteiger partial charge in [0.1, 0.15) is 6.10 Å². The predicted molar refractivity (Wildman–Crippen MR) is 64.0 cm³/mol. The van der Waals surface area contributed by atoms with E-state index in [1.807, 2.05) is 11.8 Å². The van der Waals surface area contributed by atoms with Crippen LogP contribution in [0.15, 0.2) is 0 Å². The van der Waals surface area contributed by atoms with Crippen LogP contribution >= 0.6 is 11.8 Å². The average molecular weight is 248 g/mol. The van der Waals surface area contributed by atoms with Gasteiger partial charge in [-0.15, -0.1) is 0 Å². The highest BCUT2D eigenvalue weighted by atomic mass is 32.2. The van der Waals surface area contributed by atoms with E-state index in [0.29, 0.717) is 0 Å². The number of hydrazine groups is 1. The van der Waals surface area contributed by atoms with Gasteiger partial charge in [0.05, 0.1) is 6.10 Å². The predicted octanol–water partition coefficient (Wildman–Crippen LogP) is 0.294. The number of ether oxygens (including phenoxy) is 2. The molecular formula is C10H20N2O3S. The van der Waals surface area contributed by atoms with E-state index in [-0.39, 0.29) is 18.1 Å². The second-order valence-corrected chi connectivity index (χ2v) is 4.90. The fourth-order valence-corrected chi connectivity index (χ4v) is 2.63. The van der Waals surface area contributed by atoms with Gasteiger partial charge in [-0.1, -0.05) is 0 Å². The molecule has 1 heterocycles. The number of rotatable bonds is 7. The zero-order valence-corrected chi connectivity index (χ0v) is 10.4. The lowest BCUT2D eigenvalue weighted by Crippen LogP contribution is -2.39. The summed E-state index contributed by atoms with van der Waals surface area (Å²) < 4.78 is 10.5. The minimum atomic E-state index is -0.352. The van der Waals surface area contributed by atoms with Gasteiger partial charge in [-0.2, -0.15) is 11.8 Å². The Hall–Kier alpha value is -0.300. The normalized spacial score (nSPS) is 24.6. The van der Waals surface area contributed by atoms with Gasteiger partial charge in [0.2, 0.25) is 0 Å². The lowest BCUT2D eigenvalue weighted by atomic mass is 10.2. The van der Waals surface area contributed by atoms with Crippen LogP contribution in [0.1, 0.15) is 19.3 Å². The number of carbonyl (C=O) groups excluding carboxylic acids is 1. The van der Waals surface area contributed by atoms with Gasteiger partial charge in [-0.05, 0) is 25.0 Å². The van der Waals surface area contributed by atoms with Crippen molar-refractivity contribution in [1.82, 2.24) is 5.43 Å². The van der Waals surface area contributed by atoms with E-state index < -0.39 is 0 Å². The first kappa shape index (κ1) is 13.8. The molecule has 1 rings (SSSR count). The third-order valence-electron chi connectivity index (χ3n) is 2.48. The zero-order chi connectivity index (χ0) is 11.8. The Balaban J connectivity index is 2.05. The Bertz CT molecular complexity index is 216. The Morgan fingerprint density at radius 2 is 2.44 bits per heavy atom. The Morgan fingerprint density at radius 1 is 1.62 bits per heavy atom. The molecule has 0 radical (unpaired) electrons. The number of nitrogens with two attached hydrogens (primary N) is 1. The smallest absolute Gasteiger partial charge is 0.263 e. The molecule has 0 aliphatic carbocycles. The molecule has 1 amide bonds. The molecule has 2 atom stereocenters. The molecule has 0 spiro atoms. The number of amides is 1. The maximum absolute atomic E-state index is 11.2. The van der Waals surface area contributed by atoms with Crippen LogP contribution in [-0.4, -0.2) is 43.3 Å². The standard InChI is InChI=1S/C10H20N2O3S/c1-14-5-2-6-16-7-8-3-4-9(15-8)10(13)12-11/h8-9H,2-7,11H2,1H3,(H,12,13). The van der Waals surface area contributed by atoms with Gasteiger partial charge in [-0.25, -0.2) is 5.84 Å². The van der Waals surface area contributed by atoms with E-state index in [4.69, 9.17) is 15.3 Å². The van der Waals surface area contributed by atoms with E-state index in [2.05, 4.69) is 5.43 Å². The van der Waals surface area contributed by atoms with E-state index in [9.17, 15) is 4.79 Å². The van der Waals surface area contributed by atoms with Gasteiger partial charge in [0.15, 0.2) is 0 Å². The molecule has 6 heteroatoms. The van der Waals surface area contributed by atoms with Crippen LogP contribution < -0.4 is 11.3 Å². The molecule has 1 aliphatic rings. The fraction of sp³-hybridized carbons (Fsp3) is 0.900. The van der Waals surface area contributed by atoms with Crippen molar-refractivity contribution in [2.75, 3.05) is 25.2 Å².